The van der Waals surface area contributed by atoms with Crippen molar-refractivity contribution in [1.82, 2.24) is 0 Å². The van der Waals surface area contributed by atoms with Gasteiger partial charge in [0, 0.05) is 17.6 Å². The molecule has 1 aromatic carbocycles. The van der Waals surface area contributed by atoms with Crippen molar-refractivity contribution in [2.75, 3.05) is 18.0 Å². The molecular formula is C14H18BrNO2. The summed E-state index contributed by atoms with van der Waals surface area (Å²) >= 11 is 3.34. The number of carbonyl (C=O) groups is 1. The van der Waals surface area contributed by atoms with Crippen molar-refractivity contribution in [3.05, 3.63) is 28.2 Å². The molecule has 0 aliphatic carbocycles. The Labute approximate surface area is 116 Å². The molecule has 1 heterocycles. The minimum atomic E-state index is -0.872. The molecule has 3 nitrogen and oxygen atoms in total. The summed E-state index contributed by atoms with van der Waals surface area (Å²) in [6.07, 6.45) is 1.22. The Hall–Kier alpha value is -1.03. The van der Waals surface area contributed by atoms with Gasteiger partial charge < -0.3 is 10.0 Å². The van der Waals surface area contributed by atoms with E-state index in [9.17, 15) is 9.90 Å². The lowest BCUT2D eigenvalue weighted by atomic mass is 9.91. The zero-order chi connectivity index (χ0) is 13.3. The van der Waals surface area contributed by atoms with Gasteiger partial charge in [0.05, 0.1) is 11.3 Å². The number of nitrogens with zero attached hydrogens (tertiary/aromatic N) is 1. The average molecular weight is 312 g/mol. The standard InChI is InChI=1S/C14H18BrNO2/c1-9-6-10(2)8-16(7-9)12-5-3-4-11(15)13(12)14(17)18/h3-5,9-10H,6-8H2,1-2H3,(H,17,18). The summed E-state index contributed by atoms with van der Waals surface area (Å²) in [5, 5.41) is 9.35. The Balaban J connectivity index is 2.38. The van der Waals surface area contributed by atoms with Crippen LogP contribution in [0.1, 0.15) is 30.6 Å². The van der Waals surface area contributed by atoms with E-state index in [0.717, 1.165) is 18.8 Å². The molecular weight excluding hydrogens is 294 g/mol. The molecule has 18 heavy (non-hydrogen) atoms. The topological polar surface area (TPSA) is 40.5 Å². The Morgan fingerprint density at radius 1 is 1.33 bits per heavy atom. The fraction of sp³-hybridized carbons (Fsp3) is 0.500. The second-order valence-electron chi connectivity index (χ2n) is 5.29. The maximum Gasteiger partial charge on any atom is 0.338 e. The molecule has 0 aromatic heterocycles. The van der Waals surface area contributed by atoms with Crippen molar-refractivity contribution in [3.8, 4) is 0 Å². The second-order valence-corrected chi connectivity index (χ2v) is 6.14. The van der Waals surface area contributed by atoms with Gasteiger partial charge in [-0.05, 0) is 46.3 Å². The third kappa shape index (κ3) is 2.69. The van der Waals surface area contributed by atoms with Crippen LogP contribution in [0.4, 0.5) is 5.69 Å². The lowest BCUT2D eigenvalue weighted by molar-refractivity contribution is 0.0696. The van der Waals surface area contributed by atoms with Crippen molar-refractivity contribution in [2.45, 2.75) is 20.3 Å². The molecule has 1 saturated heterocycles. The third-order valence-corrected chi connectivity index (χ3v) is 4.08. The van der Waals surface area contributed by atoms with Crippen LogP contribution in [0.2, 0.25) is 0 Å². The third-order valence-electron chi connectivity index (χ3n) is 3.42. The molecule has 2 rings (SSSR count). The summed E-state index contributed by atoms with van der Waals surface area (Å²) in [4.78, 5) is 13.6. The fourth-order valence-electron chi connectivity index (χ4n) is 2.85. The highest BCUT2D eigenvalue weighted by atomic mass is 79.9. The van der Waals surface area contributed by atoms with Gasteiger partial charge in [-0.3, -0.25) is 0 Å². The van der Waals surface area contributed by atoms with E-state index in [4.69, 9.17) is 0 Å². The number of benzene rings is 1. The van der Waals surface area contributed by atoms with E-state index < -0.39 is 5.97 Å². The molecule has 0 spiro atoms. The molecule has 98 valence electrons. The first kappa shape index (κ1) is 13.4. The van der Waals surface area contributed by atoms with Crippen LogP contribution in [-0.4, -0.2) is 24.2 Å². The minimum absolute atomic E-state index is 0.374. The zero-order valence-corrected chi connectivity index (χ0v) is 12.3. The van der Waals surface area contributed by atoms with Gasteiger partial charge in [0.2, 0.25) is 0 Å². The van der Waals surface area contributed by atoms with E-state index in [1.165, 1.54) is 6.42 Å². The maximum absolute atomic E-state index is 11.4. The van der Waals surface area contributed by atoms with Crippen molar-refractivity contribution in [3.63, 3.8) is 0 Å². The van der Waals surface area contributed by atoms with Gasteiger partial charge in [-0.15, -0.1) is 0 Å². The van der Waals surface area contributed by atoms with E-state index in [2.05, 4.69) is 34.7 Å². The van der Waals surface area contributed by atoms with Crippen LogP contribution in [0.15, 0.2) is 22.7 Å². The quantitative estimate of drug-likeness (QED) is 0.906. The van der Waals surface area contributed by atoms with Crippen LogP contribution in [0.3, 0.4) is 0 Å². The minimum Gasteiger partial charge on any atom is -0.478 e. The molecule has 1 aliphatic heterocycles. The van der Waals surface area contributed by atoms with E-state index in [0.29, 0.717) is 21.9 Å². The summed E-state index contributed by atoms with van der Waals surface area (Å²) in [5.74, 6) is 0.340. The SMILES string of the molecule is CC1CC(C)CN(c2cccc(Br)c2C(=O)O)C1. The number of aromatic carboxylic acids is 1. The van der Waals surface area contributed by atoms with Crippen LogP contribution in [0, 0.1) is 11.8 Å². The predicted octanol–water partition coefficient (Wildman–Crippen LogP) is 3.63. The molecule has 1 fully saturated rings. The van der Waals surface area contributed by atoms with Gasteiger partial charge in [0.1, 0.15) is 0 Å². The van der Waals surface area contributed by atoms with Crippen molar-refractivity contribution in [1.29, 1.82) is 0 Å². The van der Waals surface area contributed by atoms with Gasteiger partial charge in [-0.2, -0.15) is 0 Å². The monoisotopic (exact) mass is 311 g/mol. The molecule has 1 N–H and O–H groups in total. The van der Waals surface area contributed by atoms with Crippen molar-refractivity contribution >= 4 is 27.6 Å². The second kappa shape index (κ2) is 5.31. The smallest absolute Gasteiger partial charge is 0.338 e. The molecule has 0 saturated carbocycles. The highest BCUT2D eigenvalue weighted by molar-refractivity contribution is 9.10. The summed E-state index contributed by atoms with van der Waals surface area (Å²) in [7, 11) is 0. The summed E-state index contributed by atoms with van der Waals surface area (Å²) in [6.45, 7) is 6.31. The zero-order valence-electron chi connectivity index (χ0n) is 10.7. The number of hydrogen-bond acceptors (Lipinski definition) is 2. The van der Waals surface area contributed by atoms with Gasteiger partial charge in [0.15, 0.2) is 0 Å². The maximum atomic E-state index is 11.4. The number of halogens is 1. The number of piperidine rings is 1. The molecule has 2 unspecified atom stereocenters. The molecule has 0 bridgehead atoms. The van der Waals surface area contributed by atoms with Crippen LogP contribution >= 0.6 is 15.9 Å². The molecule has 1 aromatic rings. The number of rotatable bonds is 2. The van der Waals surface area contributed by atoms with Crippen LogP contribution < -0.4 is 4.90 Å². The Morgan fingerprint density at radius 3 is 2.50 bits per heavy atom. The average Bonchev–Trinajstić information content (AvgIpc) is 2.26. The Bertz CT molecular complexity index is 451. The predicted molar refractivity (Wildman–Crippen MR) is 76.3 cm³/mol. The van der Waals surface area contributed by atoms with E-state index in [-0.39, 0.29) is 0 Å². The molecule has 1 aliphatic rings. The largest absolute Gasteiger partial charge is 0.478 e. The van der Waals surface area contributed by atoms with E-state index >= 15 is 0 Å². The summed E-state index contributed by atoms with van der Waals surface area (Å²) < 4.78 is 0.651. The number of hydrogen-bond donors (Lipinski definition) is 1. The Kier molecular flexibility index (Phi) is 3.95. The lowest BCUT2D eigenvalue weighted by Gasteiger charge is -2.37. The molecule has 2 atom stereocenters. The van der Waals surface area contributed by atoms with Gasteiger partial charge >= 0.3 is 5.97 Å². The highest BCUT2D eigenvalue weighted by Crippen LogP contribution is 2.32. The van der Waals surface area contributed by atoms with Crippen LogP contribution in [-0.2, 0) is 0 Å². The van der Waals surface area contributed by atoms with Crippen molar-refractivity contribution < 1.29 is 9.90 Å². The highest BCUT2D eigenvalue weighted by Gasteiger charge is 2.25. The van der Waals surface area contributed by atoms with Crippen molar-refractivity contribution in [2.24, 2.45) is 11.8 Å². The molecule has 0 radical (unpaired) electrons. The first-order valence-electron chi connectivity index (χ1n) is 6.25. The Morgan fingerprint density at radius 2 is 1.94 bits per heavy atom. The van der Waals surface area contributed by atoms with E-state index in [1.807, 2.05) is 12.1 Å². The fourth-order valence-corrected chi connectivity index (χ4v) is 3.37. The van der Waals surface area contributed by atoms with Gasteiger partial charge in [-0.25, -0.2) is 4.79 Å². The first-order chi connectivity index (χ1) is 8.49. The van der Waals surface area contributed by atoms with Crippen LogP contribution in [0.25, 0.3) is 0 Å². The lowest BCUT2D eigenvalue weighted by Crippen LogP contribution is -2.39. The van der Waals surface area contributed by atoms with Crippen LogP contribution in [0.5, 0.6) is 0 Å². The normalized spacial score (nSPS) is 24.1. The number of carboxylic acids is 1. The summed E-state index contributed by atoms with van der Waals surface area (Å²) in [5.41, 5.74) is 1.20. The van der Waals surface area contributed by atoms with Gasteiger partial charge in [-0.1, -0.05) is 19.9 Å². The van der Waals surface area contributed by atoms with E-state index in [1.54, 1.807) is 6.07 Å². The first-order valence-corrected chi connectivity index (χ1v) is 7.05. The number of carboxylic acid groups (broad SMARTS) is 1. The molecule has 0 amide bonds. The number of anilines is 1. The summed E-state index contributed by atoms with van der Waals surface area (Å²) in [6, 6.07) is 5.58. The van der Waals surface area contributed by atoms with Gasteiger partial charge in [0.25, 0.3) is 0 Å². The molecule has 4 heteroatoms.